The second-order valence-corrected chi connectivity index (χ2v) is 2.91. The number of hydrogen-bond donors (Lipinski definition) is 2. The highest BCUT2D eigenvalue weighted by Crippen LogP contribution is 2.08. The second kappa shape index (κ2) is 8.10. The van der Waals surface area contributed by atoms with E-state index in [1.807, 2.05) is 13.8 Å². The van der Waals surface area contributed by atoms with Gasteiger partial charge in [-0.1, -0.05) is 39.2 Å². The highest BCUT2D eigenvalue weighted by atomic mass is 16.2. The van der Waals surface area contributed by atoms with E-state index in [2.05, 4.69) is 23.8 Å². The van der Waals surface area contributed by atoms with Crippen molar-refractivity contribution >= 4 is 11.8 Å². The lowest BCUT2D eigenvalue weighted by molar-refractivity contribution is -0.127. The standard InChI is InChI=1S/C11H12N2O2.C2H6/c1-3-5-8-9(6-4-2)13-11(15)7-10(14)12-8;1-2/h3-6H,1-2,7H2,(H,12,14)(H,13,15);1-2H3/b8-5+,9-6+;. The van der Waals surface area contributed by atoms with Crippen molar-refractivity contribution in [2.75, 3.05) is 0 Å². The van der Waals surface area contributed by atoms with E-state index in [0.717, 1.165) is 0 Å². The van der Waals surface area contributed by atoms with Crippen LogP contribution in [0.1, 0.15) is 20.3 Å². The van der Waals surface area contributed by atoms with Crippen LogP contribution in [0.25, 0.3) is 0 Å². The normalized spacial score (nSPS) is 19.6. The molecule has 4 heteroatoms. The van der Waals surface area contributed by atoms with Crippen LogP contribution in [0.3, 0.4) is 0 Å². The molecule has 1 aliphatic rings. The molecule has 92 valence electrons. The summed E-state index contributed by atoms with van der Waals surface area (Å²) in [6.45, 7) is 11.1. The molecule has 0 aromatic carbocycles. The van der Waals surface area contributed by atoms with Crippen LogP contribution in [0.2, 0.25) is 0 Å². The zero-order valence-corrected chi connectivity index (χ0v) is 10.2. The van der Waals surface area contributed by atoms with Crippen molar-refractivity contribution in [1.29, 1.82) is 0 Å². The van der Waals surface area contributed by atoms with Crippen molar-refractivity contribution in [2.45, 2.75) is 20.3 Å². The molecular weight excluding hydrogens is 216 g/mol. The van der Waals surface area contributed by atoms with Gasteiger partial charge in [-0.15, -0.1) is 0 Å². The minimum atomic E-state index is -0.340. The SMILES string of the molecule is C=C/C=C1/NC(=O)CC(=O)N/C1=C/C=C.CC. The highest BCUT2D eigenvalue weighted by molar-refractivity contribution is 6.00. The summed E-state index contributed by atoms with van der Waals surface area (Å²) in [7, 11) is 0. The minimum absolute atomic E-state index is 0.178. The summed E-state index contributed by atoms with van der Waals surface area (Å²) in [5.41, 5.74) is 1.03. The smallest absolute Gasteiger partial charge is 0.233 e. The summed E-state index contributed by atoms with van der Waals surface area (Å²) >= 11 is 0. The summed E-state index contributed by atoms with van der Waals surface area (Å²) in [6, 6.07) is 0. The van der Waals surface area contributed by atoms with Crippen LogP contribution in [0, 0.1) is 0 Å². The molecular formula is C13H18N2O2. The number of rotatable bonds is 2. The maximum Gasteiger partial charge on any atom is 0.233 e. The van der Waals surface area contributed by atoms with Crippen LogP contribution >= 0.6 is 0 Å². The van der Waals surface area contributed by atoms with E-state index in [0.29, 0.717) is 11.4 Å². The molecule has 0 atom stereocenters. The Morgan fingerprint density at radius 1 is 0.941 bits per heavy atom. The average Bonchev–Trinajstić information content (AvgIpc) is 2.42. The lowest BCUT2D eigenvalue weighted by atomic mass is 10.2. The molecule has 2 amide bonds. The zero-order chi connectivity index (χ0) is 13.3. The maximum atomic E-state index is 11.2. The summed E-state index contributed by atoms with van der Waals surface area (Å²) in [5.74, 6) is -0.680. The van der Waals surface area contributed by atoms with E-state index in [-0.39, 0.29) is 18.2 Å². The first-order valence-corrected chi connectivity index (χ1v) is 5.43. The van der Waals surface area contributed by atoms with Crippen LogP contribution in [-0.4, -0.2) is 11.8 Å². The predicted octanol–water partition coefficient (Wildman–Crippen LogP) is 1.79. The van der Waals surface area contributed by atoms with E-state index in [1.165, 1.54) is 12.2 Å². The van der Waals surface area contributed by atoms with Gasteiger partial charge in [0.1, 0.15) is 6.42 Å². The lowest BCUT2D eigenvalue weighted by Crippen LogP contribution is -2.21. The molecule has 1 rings (SSSR count). The Kier molecular flexibility index (Phi) is 7.10. The molecule has 0 aromatic rings. The molecule has 0 saturated carbocycles. The molecule has 4 nitrogen and oxygen atoms in total. The van der Waals surface area contributed by atoms with Gasteiger partial charge in [0.05, 0.1) is 11.4 Å². The van der Waals surface area contributed by atoms with Gasteiger partial charge in [-0.2, -0.15) is 0 Å². The molecule has 0 aliphatic carbocycles. The van der Waals surface area contributed by atoms with Gasteiger partial charge in [-0.25, -0.2) is 0 Å². The molecule has 1 aliphatic heterocycles. The lowest BCUT2D eigenvalue weighted by Gasteiger charge is -2.07. The first kappa shape index (κ1) is 14.9. The largest absolute Gasteiger partial charge is 0.324 e. The van der Waals surface area contributed by atoms with Gasteiger partial charge in [-0.3, -0.25) is 9.59 Å². The van der Waals surface area contributed by atoms with Crippen LogP contribution in [0.4, 0.5) is 0 Å². The second-order valence-electron chi connectivity index (χ2n) is 2.91. The Hall–Kier alpha value is -2.10. The van der Waals surface area contributed by atoms with Crippen molar-refractivity contribution in [2.24, 2.45) is 0 Å². The molecule has 0 radical (unpaired) electrons. The van der Waals surface area contributed by atoms with E-state index >= 15 is 0 Å². The molecule has 0 bridgehead atoms. The van der Waals surface area contributed by atoms with Crippen LogP contribution in [-0.2, 0) is 9.59 Å². The number of amides is 2. The van der Waals surface area contributed by atoms with Crippen molar-refractivity contribution in [1.82, 2.24) is 10.6 Å². The molecule has 0 unspecified atom stereocenters. The Bertz CT molecular complexity index is 343. The fourth-order valence-corrected chi connectivity index (χ4v) is 1.17. The number of allylic oxidation sites excluding steroid dienone is 4. The maximum absolute atomic E-state index is 11.2. The molecule has 1 fully saturated rings. The highest BCUT2D eigenvalue weighted by Gasteiger charge is 2.19. The van der Waals surface area contributed by atoms with Crippen molar-refractivity contribution in [3.63, 3.8) is 0 Å². The summed E-state index contributed by atoms with van der Waals surface area (Å²) in [5, 5.41) is 5.19. The van der Waals surface area contributed by atoms with Gasteiger partial charge < -0.3 is 10.6 Å². The molecule has 2 N–H and O–H groups in total. The number of carbonyl (C=O) groups is 2. The van der Waals surface area contributed by atoms with Gasteiger partial charge in [-0.05, 0) is 12.2 Å². The summed E-state index contributed by atoms with van der Waals surface area (Å²) < 4.78 is 0. The fourth-order valence-electron chi connectivity index (χ4n) is 1.17. The third-order valence-electron chi connectivity index (χ3n) is 1.73. The Labute approximate surface area is 102 Å². The van der Waals surface area contributed by atoms with Crippen molar-refractivity contribution in [3.05, 3.63) is 48.9 Å². The first-order chi connectivity index (χ1) is 8.17. The predicted molar refractivity (Wildman–Crippen MR) is 68.8 cm³/mol. The molecule has 0 spiro atoms. The summed E-state index contributed by atoms with van der Waals surface area (Å²) in [4.78, 5) is 22.5. The number of nitrogens with one attached hydrogen (secondary N) is 2. The quantitative estimate of drug-likeness (QED) is 0.716. The van der Waals surface area contributed by atoms with Crippen molar-refractivity contribution < 1.29 is 9.59 Å². The Morgan fingerprint density at radius 3 is 1.59 bits per heavy atom. The Morgan fingerprint density at radius 2 is 1.29 bits per heavy atom. The Balaban J connectivity index is 0.00000121. The van der Waals surface area contributed by atoms with E-state index in [9.17, 15) is 9.59 Å². The molecule has 0 aromatic heterocycles. The van der Waals surface area contributed by atoms with Crippen molar-refractivity contribution in [3.8, 4) is 0 Å². The number of carbonyl (C=O) groups excluding carboxylic acids is 2. The van der Waals surface area contributed by atoms with Gasteiger partial charge in [0.2, 0.25) is 11.8 Å². The molecule has 1 heterocycles. The van der Waals surface area contributed by atoms with Crippen LogP contribution in [0.5, 0.6) is 0 Å². The third kappa shape index (κ3) is 4.97. The van der Waals surface area contributed by atoms with Gasteiger partial charge in [0.25, 0.3) is 0 Å². The zero-order valence-electron chi connectivity index (χ0n) is 10.2. The average molecular weight is 234 g/mol. The van der Waals surface area contributed by atoms with Crippen LogP contribution < -0.4 is 10.6 Å². The van der Waals surface area contributed by atoms with Crippen LogP contribution in [0.15, 0.2) is 48.9 Å². The first-order valence-electron chi connectivity index (χ1n) is 5.43. The molecule has 1 saturated heterocycles. The van der Waals surface area contributed by atoms with Gasteiger partial charge >= 0.3 is 0 Å². The van der Waals surface area contributed by atoms with Gasteiger partial charge in [0.15, 0.2) is 0 Å². The number of hydrogen-bond acceptors (Lipinski definition) is 2. The fraction of sp³-hybridized carbons (Fsp3) is 0.231. The monoisotopic (exact) mass is 234 g/mol. The summed E-state index contributed by atoms with van der Waals surface area (Å²) in [6.07, 6.45) is 6.11. The molecule has 17 heavy (non-hydrogen) atoms. The minimum Gasteiger partial charge on any atom is -0.324 e. The van der Waals surface area contributed by atoms with E-state index in [4.69, 9.17) is 0 Å². The van der Waals surface area contributed by atoms with Gasteiger partial charge in [0, 0.05) is 0 Å². The van der Waals surface area contributed by atoms with E-state index < -0.39 is 0 Å². The third-order valence-corrected chi connectivity index (χ3v) is 1.73. The van der Waals surface area contributed by atoms with E-state index in [1.54, 1.807) is 12.2 Å². The topological polar surface area (TPSA) is 58.2 Å².